The highest BCUT2D eigenvalue weighted by Gasteiger charge is 2.15. The molecule has 0 fully saturated rings. The number of fused-ring (bicyclic) bond motifs is 3. The summed E-state index contributed by atoms with van der Waals surface area (Å²) in [5, 5.41) is 0. The molecule has 0 aliphatic carbocycles. The Morgan fingerprint density at radius 2 is 1.72 bits per heavy atom. The minimum Gasteiger partial charge on any atom is -0.463 e. The quantitative estimate of drug-likeness (QED) is 0.460. The van der Waals surface area contributed by atoms with Crippen LogP contribution in [0.2, 0.25) is 0 Å². The van der Waals surface area contributed by atoms with E-state index >= 15 is 0 Å². The average molecular weight is 420 g/mol. The molecule has 0 aliphatic rings. The van der Waals surface area contributed by atoms with Gasteiger partial charge in [-0.25, -0.2) is 4.98 Å². The third kappa shape index (κ3) is 5.04. The Morgan fingerprint density at radius 1 is 1.07 bits per heavy atom. The lowest BCUT2D eigenvalue weighted by Crippen LogP contribution is -2.27. The van der Waals surface area contributed by atoms with Crippen molar-refractivity contribution in [2.45, 2.75) is 20.4 Å². The van der Waals surface area contributed by atoms with Crippen LogP contribution in [0.4, 0.5) is 0 Å². The van der Waals surface area contributed by atoms with E-state index in [1.807, 2.05) is 12.1 Å². The third-order valence-electron chi connectivity index (χ3n) is 4.67. The van der Waals surface area contributed by atoms with Crippen LogP contribution in [0.1, 0.15) is 13.8 Å². The van der Waals surface area contributed by atoms with Crippen molar-refractivity contribution in [3.8, 4) is 11.5 Å². The molecule has 0 aliphatic heterocycles. The number of hydrogen-bond donors (Lipinski definition) is 2. The lowest BCUT2D eigenvalue weighted by atomic mass is 10.3. The molecular formula is C19H24N4O5S. The van der Waals surface area contributed by atoms with Crippen LogP contribution in [0.15, 0.2) is 53.3 Å². The number of nitrogens with zero attached hydrogens (tertiary/aromatic N) is 4. The summed E-state index contributed by atoms with van der Waals surface area (Å²) < 4.78 is 41.6. The van der Waals surface area contributed by atoms with Crippen molar-refractivity contribution in [2.24, 2.45) is 0 Å². The summed E-state index contributed by atoms with van der Waals surface area (Å²) in [5.74, 6) is 1.77. The van der Waals surface area contributed by atoms with Gasteiger partial charge in [0, 0.05) is 19.3 Å². The fourth-order valence-corrected chi connectivity index (χ4v) is 3.29. The Kier molecular flexibility index (Phi) is 6.38. The second-order valence-electron chi connectivity index (χ2n) is 6.39. The molecule has 0 amide bonds. The molecule has 4 rings (SSSR count). The van der Waals surface area contributed by atoms with Crippen molar-refractivity contribution in [1.82, 2.24) is 18.9 Å². The van der Waals surface area contributed by atoms with E-state index in [9.17, 15) is 0 Å². The number of rotatable bonds is 6. The first-order valence-corrected chi connectivity index (χ1v) is 10.6. The average Bonchev–Trinajstić information content (AvgIpc) is 3.38. The van der Waals surface area contributed by atoms with E-state index in [1.165, 1.54) is 11.0 Å². The fraction of sp³-hybridized carbons (Fsp3) is 0.316. The van der Waals surface area contributed by atoms with Crippen molar-refractivity contribution >= 4 is 27.2 Å². The summed E-state index contributed by atoms with van der Waals surface area (Å²) in [6.07, 6.45) is 3.75. The fourth-order valence-electron chi connectivity index (χ4n) is 3.29. The van der Waals surface area contributed by atoms with Gasteiger partial charge in [-0.2, -0.15) is 8.42 Å². The first-order valence-electron chi connectivity index (χ1n) is 9.24. The third-order valence-corrected chi connectivity index (χ3v) is 4.67. The number of imidazole rings is 2. The number of likely N-dealkylation sites (N-methyl/N-ethyl adjacent to an activating group) is 1. The SMILES string of the molecule is CCN(CC)CCn1c2ccccc2n2cc(-c3ccco3)nc12.O=S(=O)(O)O. The van der Waals surface area contributed by atoms with Gasteiger partial charge in [-0.3, -0.25) is 13.5 Å². The zero-order valence-electron chi connectivity index (χ0n) is 16.3. The van der Waals surface area contributed by atoms with Crippen LogP contribution in [0.3, 0.4) is 0 Å². The van der Waals surface area contributed by atoms with Gasteiger partial charge < -0.3 is 13.9 Å². The Hall–Kier alpha value is -2.66. The van der Waals surface area contributed by atoms with Gasteiger partial charge >= 0.3 is 10.4 Å². The Morgan fingerprint density at radius 3 is 2.31 bits per heavy atom. The largest absolute Gasteiger partial charge is 0.463 e. The minimum absolute atomic E-state index is 0.804. The van der Waals surface area contributed by atoms with Crippen molar-refractivity contribution in [3.63, 3.8) is 0 Å². The van der Waals surface area contributed by atoms with E-state index in [0.717, 1.165) is 43.4 Å². The van der Waals surface area contributed by atoms with E-state index in [0.29, 0.717) is 0 Å². The molecule has 4 aromatic rings. The highest BCUT2D eigenvalue weighted by atomic mass is 32.3. The molecule has 3 aromatic heterocycles. The van der Waals surface area contributed by atoms with E-state index in [1.54, 1.807) is 6.26 Å². The molecule has 0 bridgehead atoms. The number of aromatic nitrogens is 3. The Labute approximate surface area is 168 Å². The molecule has 3 heterocycles. The van der Waals surface area contributed by atoms with Gasteiger partial charge in [0.2, 0.25) is 5.78 Å². The van der Waals surface area contributed by atoms with Crippen molar-refractivity contribution in [2.75, 3.05) is 19.6 Å². The van der Waals surface area contributed by atoms with Crippen LogP contribution >= 0.6 is 0 Å². The zero-order chi connectivity index (χ0) is 21.0. The molecule has 2 N–H and O–H groups in total. The van der Waals surface area contributed by atoms with E-state index in [4.69, 9.17) is 26.9 Å². The van der Waals surface area contributed by atoms with Gasteiger partial charge in [0.25, 0.3) is 0 Å². The number of hydrogen-bond acceptors (Lipinski definition) is 5. The van der Waals surface area contributed by atoms with E-state index in [-0.39, 0.29) is 0 Å². The number of benzene rings is 1. The summed E-state index contributed by atoms with van der Waals surface area (Å²) in [7, 11) is -4.67. The summed E-state index contributed by atoms with van der Waals surface area (Å²) in [5.41, 5.74) is 3.27. The van der Waals surface area contributed by atoms with Crippen molar-refractivity contribution in [3.05, 3.63) is 48.9 Å². The van der Waals surface area contributed by atoms with Gasteiger partial charge in [-0.15, -0.1) is 0 Å². The highest BCUT2D eigenvalue weighted by molar-refractivity contribution is 7.79. The van der Waals surface area contributed by atoms with Crippen molar-refractivity contribution in [1.29, 1.82) is 0 Å². The van der Waals surface area contributed by atoms with Gasteiger partial charge in [-0.05, 0) is 37.4 Å². The smallest absolute Gasteiger partial charge is 0.394 e. The summed E-state index contributed by atoms with van der Waals surface area (Å²) in [4.78, 5) is 7.27. The van der Waals surface area contributed by atoms with Gasteiger partial charge in [-0.1, -0.05) is 26.0 Å². The zero-order valence-corrected chi connectivity index (χ0v) is 17.1. The molecule has 9 nitrogen and oxygen atoms in total. The second-order valence-corrected chi connectivity index (χ2v) is 7.28. The molecular weight excluding hydrogens is 396 g/mol. The maximum absolute atomic E-state index is 8.74. The van der Waals surface area contributed by atoms with Crippen LogP contribution in [-0.4, -0.2) is 56.0 Å². The maximum Gasteiger partial charge on any atom is 0.394 e. The summed E-state index contributed by atoms with van der Waals surface area (Å²) >= 11 is 0. The normalized spacial score (nSPS) is 11.9. The van der Waals surface area contributed by atoms with Gasteiger partial charge in [0.15, 0.2) is 5.76 Å². The number of para-hydroxylation sites is 2. The molecule has 156 valence electrons. The minimum atomic E-state index is -4.67. The first-order chi connectivity index (χ1) is 13.8. The van der Waals surface area contributed by atoms with Crippen LogP contribution in [-0.2, 0) is 16.9 Å². The van der Waals surface area contributed by atoms with Crippen molar-refractivity contribution < 1.29 is 21.9 Å². The standard InChI is InChI=1S/C19H22N4O.H2O4S/c1-3-21(4-2)11-12-22-16-8-5-6-9-17(16)23-14-15(20-19(22)23)18-10-7-13-24-18;1-5(2,3)4/h5-10,13-14H,3-4,11-12H2,1-2H3;(H2,1,2,3,4). The molecule has 0 atom stereocenters. The topological polar surface area (TPSA) is 113 Å². The summed E-state index contributed by atoms with van der Waals surface area (Å²) in [6, 6.07) is 12.3. The molecule has 10 heteroatoms. The number of furan rings is 1. The van der Waals surface area contributed by atoms with E-state index in [2.05, 4.69) is 58.2 Å². The summed E-state index contributed by atoms with van der Waals surface area (Å²) in [6.45, 7) is 8.49. The Balaban J connectivity index is 0.000000431. The molecule has 0 saturated carbocycles. The predicted octanol–water partition coefficient (Wildman–Crippen LogP) is 3.24. The highest BCUT2D eigenvalue weighted by Crippen LogP contribution is 2.25. The van der Waals surface area contributed by atoms with Gasteiger partial charge in [0.1, 0.15) is 5.69 Å². The van der Waals surface area contributed by atoms with Crippen LogP contribution < -0.4 is 0 Å². The second kappa shape index (κ2) is 8.78. The van der Waals surface area contributed by atoms with Gasteiger partial charge in [0.05, 0.1) is 17.3 Å². The lowest BCUT2D eigenvalue weighted by Gasteiger charge is -2.18. The molecule has 0 saturated heterocycles. The molecule has 29 heavy (non-hydrogen) atoms. The first kappa shape index (κ1) is 21.1. The maximum atomic E-state index is 8.74. The predicted molar refractivity (Wildman–Crippen MR) is 110 cm³/mol. The lowest BCUT2D eigenvalue weighted by molar-refractivity contribution is 0.293. The molecule has 0 spiro atoms. The van der Waals surface area contributed by atoms with Crippen LogP contribution in [0, 0.1) is 0 Å². The molecule has 0 unspecified atom stereocenters. The molecule has 1 aromatic carbocycles. The molecule has 0 radical (unpaired) electrons. The van der Waals surface area contributed by atoms with Crippen LogP contribution in [0.25, 0.3) is 28.3 Å². The van der Waals surface area contributed by atoms with E-state index < -0.39 is 10.4 Å². The monoisotopic (exact) mass is 420 g/mol. The Bertz CT molecular complexity index is 1170. The van der Waals surface area contributed by atoms with Crippen LogP contribution in [0.5, 0.6) is 0 Å².